The molecule has 0 unspecified atom stereocenters. The van der Waals surface area contributed by atoms with E-state index in [1.807, 2.05) is 12.1 Å². The fourth-order valence-corrected chi connectivity index (χ4v) is 3.73. The summed E-state index contributed by atoms with van der Waals surface area (Å²) in [5.74, 6) is 0.662. The summed E-state index contributed by atoms with van der Waals surface area (Å²) in [7, 11) is -4.46. The fourth-order valence-electron chi connectivity index (χ4n) is 3.01. The predicted octanol–water partition coefficient (Wildman–Crippen LogP) is 4.68. The number of aromatic nitrogens is 1. The van der Waals surface area contributed by atoms with E-state index >= 15 is 0 Å². The minimum Gasteiger partial charge on any atom is -0.489 e. The van der Waals surface area contributed by atoms with Crippen LogP contribution in [0.3, 0.4) is 0 Å². The summed E-state index contributed by atoms with van der Waals surface area (Å²) in [6.45, 7) is 0.412. The second-order valence-electron chi connectivity index (χ2n) is 6.67. The summed E-state index contributed by atoms with van der Waals surface area (Å²) in [6.07, 6.45) is 3.40. The molecule has 157 valence electrons. The second kappa shape index (κ2) is 10.2. The molecule has 10 heteroatoms. The molecule has 3 aromatic carbocycles. The molecule has 0 aliphatic heterocycles. The second-order valence-corrected chi connectivity index (χ2v) is 8.06. The minimum atomic E-state index is -4.46. The van der Waals surface area contributed by atoms with Crippen LogP contribution >= 0.6 is 0 Å². The van der Waals surface area contributed by atoms with Gasteiger partial charge in [0.15, 0.2) is 0 Å². The molecule has 0 atom stereocenters. The number of rotatable bonds is 6. The number of anilines is 1. The smallest absolute Gasteiger partial charge is 0.295 e. The number of benzene rings is 3. The fraction of sp³-hybridized carbons (Fsp3) is 0.0455. The van der Waals surface area contributed by atoms with Gasteiger partial charge in [-0.05, 0) is 48.0 Å². The summed E-state index contributed by atoms with van der Waals surface area (Å²) >= 11 is 0. The zero-order chi connectivity index (χ0) is 21.8. The average molecular weight is 457 g/mol. The van der Waals surface area contributed by atoms with Crippen molar-refractivity contribution in [1.82, 2.24) is 4.98 Å². The van der Waals surface area contributed by atoms with Crippen molar-refractivity contribution in [3.63, 3.8) is 0 Å². The van der Waals surface area contributed by atoms with Crippen LogP contribution in [0.5, 0.6) is 5.75 Å². The van der Waals surface area contributed by atoms with Crippen LogP contribution in [0.4, 0.5) is 17.1 Å². The van der Waals surface area contributed by atoms with Crippen molar-refractivity contribution in [3.05, 3.63) is 84.7 Å². The third kappa shape index (κ3) is 5.50. The molecule has 0 spiro atoms. The van der Waals surface area contributed by atoms with Crippen molar-refractivity contribution in [3.8, 4) is 5.75 Å². The van der Waals surface area contributed by atoms with Crippen molar-refractivity contribution in [2.24, 2.45) is 10.2 Å². The van der Waals surface area contributed by atoms with Gasteiger partial charge in [0, 0.05) is 52.7 Å². The molecule has 1 aromatic heterocycles. The Morgan fingerprint density at radius 3 is 2.25 bits per heavy atom. The number of nitrogen functional groups attached to an aromatic ring is 1. The van der Waals surface area contributed by atoms with Crippen LogP contribution in [-0.4, -0.2) is 47.5 Å². The Morgan fingerprint density at radius 1 is 0.938 bits per heavy atom. The number of ether oxygens (including phenoxy) is 1. The normalized spacial score (nSPS) is 11.4. The van der Waals surface area contributed by atoms with Gasteiger partial charge in [-0.3, -0.25) is 9.54 Å². The SMILES string of the molecule is Nc1c(N=Nc2ccc(OCc3ccncc3)cc2)cc(S(=O)(=O)O)c2ccccc12.[Na]. The zero-order valence-corrected chi connectivity index (χ0v) is 20.0. The molecule has 0 saturated heterocycles. The number of fused-ring (bicyclic) bond motifs is 1. The molecule has 0 aliphatic rings. The minimum absolute atomic E-state index is 0. The van der Waals surface area contributed by atoms with E-state index in [-0.39, 0.29) is 45.8 Å². The number of hydrogen-bond donors (Lipinski definition) is 2. The summed E-state index contributed by atoms with van der Waals surface area (Å²) in [5.41, 5.74) is 8.10. The Balaban J connectivity index is 0.00000289. The molecule has 1 heterocycles. The number of pyridine rings is 1. The van der Waals surface area contributed by atoms with Gasteiger partial charge in [-0.2, -0.15) is 13.5 Å². The molecule has 4 rings (SSSR count). The van der Waals surface area contributed by atoms with Gasteiger partial charge in [-0.25, -0.2) is 0 Å². The molecule has 0 bridgehead atoms. The maximum atomic E-state index is 11.8. The number of hydrogen-bond acceptors (Lipinski definition) is 7. The number of azo groups is 1. The van der Waals surface area contributed by atoms with E-state index in [0.717, 1.165) is 5.56 Å². The van der Waals surface area contributed by atoms with E-state index < -0.39 is 10.1 Å². The van der Waals surface area contributed by atoms with Crippen LogP contribution in [0.15, 0.2) is 94.2 Å². The van der Waals surface area contributed by atoms with Crippen LogP contribution in [-0.2, 0) is 16.7 Å². The maximum Gasteiger partial charge on any atom is 0.295 e. The molecule has 3 N–H and O–H groups in total. The Hall–Kier alpha value is -2.82. The van der Waals surface area contributed by atoms with Crippen molar-refractivity contribution in [2.45, 2.75) is 11.5 Å². The van der Waals surface area contributed by atoms with Gasteiger partial charge in [-0.1, -0.05) is 24.3 Å². The number of nitrogens with zero attached hydrogens (tertiary/aromatic N) is 3. The summed E-state index contributed by atoms with van der Waals surface area (Å²) in [5, 5.41) is 9.01. The molecule has 0 aliphatic carbocycles. The third-order valence-corrected chi connectivity index (χ3v) is 5.46. The monoisotopic (exact) mass is 457 g/mol. The maximum absolute atomic E-state index is 11.8. The van der Waals surface area contributed by atoms with E-state index in [1.165, 1.54) is 6.07 Å². The molecule has 8 nitrogen and oxygen atoms in total. The van der Waals surface area contributed by atoms with Gasteiger partial charge in [0.2, 0.25) is 0 Å². The topological polar surface area (TPSA) is 127 Å². The molecule has 1 radical (unpaired) electrons. The Morgan fingerprint density at radius 2 is 1.59 bits per heavy atom. The van der Waals surface area contributed by atoms with E-state index in [4.69, 9.17) is 10.5 Å². The van der Waals surface area contributed by atoms with Crippen LogP contribution in [0, 0.1) is 0 Å². The van der Waals surface area contributed by atoms with Gasteiger partial charge < -0.3 is 10.5 Å². The molecular weight excluding hydrogens is 439 g/mol. The van der Waals surface area contributed by atoms with Crippen LogP contribution in [0.25, 0.3) is 10.8 Å². The molecular formula is C22H18N4NaO4S. The number of nitrogens with two attached hydrogens (primary N) is 1. The summed E-state index contributed by atoms with van der Waals surface area (Å²) < 4.78 is 38.9. The quantitative estimate of drug-likeness (QED) is 0.187. The van der Waals surface area contributed by atoms with E-state index in [0.29, 0.717) is 28.8 Å². The van der Waals surface area contributed by atoms with Gasteiger partial charge in [0.1, 0.15) is 22.9 Å². The largest absolute Gasteiger partial charge is 0.489 e. The van der Waals surface area contributed by atoms with Crippen LogP contribution in [0.2, 0.25) is 0 Å². The third-order valence-electron chi connectivity index (χ3n) is 4.57. The van der Waals surface area contributed by atoms with Gasteiger partial charge in [-0.15, -0.1) is 5.11 Å². The summed E-state index contributed by atoms with van der Waals surface area (Å²) in [6, 6.07) is 18.5. The molecule has 0 fully saturated rings. The molecule has 4 aromatic rings. The first-order valence-corrected chi connectivity index (χ1v) is 10.7. The first-order chi connectivity index (χ1) is 14.9. The summed E-state index contributed by atoms with van der Waals surface area (Å²) in [4.78, 5) is 3.69. The van der Waals surface area contributed by atoms with E-state index in [1.54, 1.807) is 60.9 Å². The first kappa shape index (κ1) is 23.8. The Bertz CT molecular complexity index is 1360. The zero-order valence-electron chi connectivity index (χ0n) is 17.2. The Labute approximate surface area is 207 Å². The van der Waals surface area contributed by atoms with Gasteiger partial charge in [0.05, 0.1) is 11.4 Å². The van der Waals surface area contributed by atoms with Gasteiger partial charge in [0.25, 0.3) is 10.1 Å². The predicted molar refractivity (Wildman–Crippen MR) is 123 cm³/mol. The van der Waals surface area contributed by atoms with Crippen LogP contribution in [0.1, 0.15) is 5.56 Å². The Kier molecular flexibility index (Phi) is 7.60. The van der Waals surface area contributed by atoms with Crippen molar-refractivity contribution < 1.29 is 17.7 Å². The molecule has 0 amide bonds. The van der Waals surface area contributed by atoms with E-state index in [9.17, 15) is 13.0 Å². The van der Waals surface area contributed by atoms with Crippen LogP contribution < -0.4 is 10.5 Å². The average Bonchev–Trinajstić information content (AvgIpc) is 2.78. The molecule has 32 heavy (non-hydrogen) atoms. The van der Waals surface area contributed by atoms with Gasteiger partial charge >= 0.3 is 0 Å². The van der Waals surface area contributed by atoms with Crippen molar-refractivity contribution >= 4 is 67.5 Å². The van der Waals surface area contributed by atoms with E-state index in [2.05, 4.69) is 15.2 Å². The van der Waals surface area contributed by atoms with Crippen molar-refractivity contribution in [2.75, 3.05) is 5.73 Å². The molecule has 0 saturated carbocycles. The van der Waals surface area contributed by atoms with Crippen molar-refractivity contribution in [1.29, 1.82) is 0 Å². The first-order valence-electron chi connectivity index (χ1n) is 9.24. The standard InChI is InChI=1S/C22H18N4O4S.Na/c23-22-19-4-2-1-3-18(19)21(31(27,28)29)13-20(22)26-25-16-5-7-17(8-6-16)30-14-15-9-11-24-12-10-15;/h1-13H,14,23H2,(H,27,28,29);.